The molecule has 1 aliphatic heterocycles. The van der Waals surface area contributed by atoms with E-state index in [-0.39, 0.29) is 0 Å². The van der Waals surface area contributed by atoms with Crippen LogP contribution >= 0.6 is 11.8 Å². The van der Waals surface area contributed by atoms with Gasteiger partial charge in [-0.05, 0) is 63.4 Å². The molecule has 1 N–H and O–H groups in total. The maximum atomic E-state index is 3.50. The highest BCUT2D eigenvalue weighted by atomic mass is 32.2. The van der Waals surface area contributed by atoms with Crippen LogP contribution in [0.3, 0.4) is 0 Å². The summed E-state index contributed by atoms with van der Waals surface area (Å²) < 4.78 is 0. The van der Waals surface area contributed by atoms with Crippen LogP contribution in [0.2, 0.25) is 0 Å². The van der Waals surface area contributed by atoms with Crippen molar-refractivity contribution in [3.63, 3.8) is 0 Å². The average Bonchev–Trinajstić information content (AvgIpc) is 2.88. The van der Waals surface area contributed by atoms with Gasteiger partial charge < -0.3 is 10.2 Å². The summed E-state index contributed by atoms with van der Waals surface area (Å²) >= 11 is 1.79. The number of rotatable bonds is 6. The van der Waals surface area contributed by atoms with Crippen molar-refractivity contribution < 1.29 is 0 Å². The summed E-state index contributed by atoms with van der Waals surface area (Å²) in [6, 6.07) is 8.64. The second kappa shape index (κ2) is 6.92. The third kappa shape index (κ3) is 4.25. The van der Waals surface area contributed by atoms with Crippen LogP contribution in [-0.2, 0) is 0 Å². The van der Waals surface area contributed by atoms with Crippen LogP contribution < -0.4 is 5.32 Å². The predicted octanol–water partition coefficient (Wildman–Crippen LogP) is 3.31. The first-order valence-corrected chi connectivity index (χ1v) is 7.71. The lowest BCUT2D eigenvalue weighted by molar-refractivity contribution is 0.337. The van der Waals surface area contributed by atoms with Crippen molar-refractivity contribution in [2.75, 3.05) is 37.8 Å². The smallest absolute Gasteiger partial charge is 0.0351 e. The molecule has 2 nitrogen and oxygen atoms in total. The summed E-state index contributed by atoms with van der Waals surface area (Å²) in [5, 5.41) is 3.50. The Morgan fingerprint density at radius 1 is 1.29 bits per heavy atom. The molecule has 1 saturated heterocycles. The van der Waals surface area contributed by atoms with Gasteiger partial charge in [0.15, 0.2) is 0 Å². The van der Waals surface area contributed by atoms with Crippen molar-refractivity contribution in [1.29, 1.82) is 0 Å². The maximum absolute atomic E-state index is 3.50. The van der Waals surface area contributed by atoms with Crippen LogP contribution in [0.1, 0.15) is 19.3 Å². The molecule has 0 bridgehead atoms. The molecular weight excluding hydrogens is 228 g/mol. The van der Waals surface area contributed by atoms with Crippen molar-refractivity contribution in [2.24, 2.45) is 0 Å². The largest absolute Gasteiger partial charge is 0.385 e. The monoisotopic (exact) mass is 250 g/mol. The molecule has 1 fully saturated rings. The Labute approximate surface area is 109 Å². The summed E-state index contributed by atoms with van der Waals surface area (Å²) in [6.45, 7) is 4.94. The van der Waals surface area contributed by atoms with Gasteiger partial charge in [-0.15, -0.1) is 11.8 Å². The molecule has 0 atom stereocenters. The van der Waals surface area contributed by atoms with Crippen molar-refractivity contribution in [3.05, 3.63) is 24.3 Å². The van der Waals surface area contributed by atoms with Gasteiger partial charge in [-0.1, -0.05) is 6.07 Å². The Morgan fingerprint density at radius 2 is 2.12 bits per heavy atom. The van der Waals surface area contributed by atoms with Crippen LogP contribution in [-0.4, -0.2) is 37.3 Å². The quantitative estimate of drug-likeness (QED) is 0.616. The minimum absolute atomic E-state index is 1.08. The van der Waals surface area contributed by atoms with E-state index < -0.39 is 0 Å². The molecule has 0 amide bonds. The van der Waals surface area contributed by atoms with Crippen molar-refractivity contribution >= 4 is 17.4 Å². The van der Waals surface area contributed by atoms with Gasteiger partial charge in [-0.3, -0.25) is 0 Å². The van der Waals surface area contributed by atoms with Crippen LogP contribution in [0.4, 0.5) is 5.69 Å². The van der Waals surface area contributed by atoms with Crippen LogP contribution in [0.25, 0.3) is 0 Å². The summed E-state index contributed by atoms with van der Waals surface area (Å²) in [5.74, 6) is 0. The average molecular weight is 250 g/mol. The minimum Gasteiger partial charge on any atom is -0.385 e. The minimum atomic E-state index is 1.08. The van der Waals surface area contributed by atoms with Gasteiger partial charge >= 0.3 is 0 Å². The summed E-state index contributed by atoms with van der Waals surface area (Å²) in [7, 11) is 0. The van der Waals surface area contributed by atoms with Crippen molar-refractivity contribution in [3.8, 4) is 0 Å². The van der Waals surface area contributed by atoms with Gasteiger partial charge in [0.2, 0.25) is 0 Å². The zero-order valence-corrected chi connectivity index (χ0v) is 11.4. The molecule has 2 rings (SSSR count). The lowest BCUT2D eigenvalue weighted by atomic mass is 10.3. The van der Waals surface area contributed by atoms with E-state index in [0.29, 0.717) is 0 Å². The van der Waals surface area contributed by atoms with E-state index in [1.807, 2.05) is 0 Å². The summed E-state index contributed by atoms with van der Waals surface area (Å²) in [4.78, 5) is 3.90. The first kappa shape index (κ1) is 12.8. The Hall–Kier alpha value is -0.670. The zero-order valence-electron chi connectivity index (χ0n) is 10.6. The number of hydrogen-bond donors (Lipinski definition) is 1. The Kier molecular flexibility index (Phi) is 5.20. The van der Waals surface area contributed by atoms with Gasteiger partial charge in [0.25, 0.3) is 0 Å². The molecule has 0 unspecified atom stereocenters. The molecule has 1 heterocycles. The van der Waals surface area contributed by atoms with E-state index in [1.165, 1.54) is 49.5 Å². The van der Waals surface area contributed by atoms with E-state index in [0.717, 1.165) is 6.54 Å². The maximum Gasteiger partial charge on any atom is 0.0351 e. The number of likely N-dealkylation sites (tertiary alicyclic amines) is 1. The number of anilines is 1. The highest BCUT2D eigenvalue weighted by Gasteiger charge is 2.09. The molecular formula is C14H22N2S. The first-order valence-electron chi connectivity index (χ1n) is 6.49. The second-order valence-electron chi connectivity index (χ2n) is 4.56. The Bertz CT molecular complexity index is 335. The standard InChI is InChI=1S/C14H22N2S/c1-17-14-7-4-6-13(12-14)15-8-5-11-16-9-2-3-10-16/h4,6-7,12,15H,2-3,5,8-11H2,1H3. The SMILES string of the molecule is CSc1cccc(NCCCN2CCCC2)c1. The van der Waals surface area contributed by atoms with Gasteiger partial charge in [0, 0.05) is 17.1 Å². The summed E-state index contributed by atoms with van der Waals surface area (Å²) in [5.41, 5.74) is 1.25. The third-order valence-corrected chi connectivity index (χ3v) is 3.97. The van der Waals surface area contributed by atoms with Crippen molar-refractivity contribution in [1.82, 2.24) is 4.90 Å². The molecule has 0 radical (unpaired) electrons. The van der Waals surface area contributed by atoms with Gasteiger partial charge in [0.1, 0.15) is 0 Å². The fourth-order valence-electron chi connectivity index (χ4n) is 2.27. The number of nitrogens with zero attached hydrogens (tertiary/aromatic N) is 1. The zero-order chi connectivity index (χ0) is 11.9. The van der Waals surface area contributed by atoms with E-state index in [1.54, 1.807) is 11.8 Å². The highest BCUT2D eigenvalue weighted by molar-refractivity contribution is 7.98. The van der Waals surface area contributed by atoms with Gasteiger partial charge in [-0.2, -0.15) is 0 Å². The Balaban J connectivity index is 1.66. The highest BCUT2D eigenvalue weighted by Crippen LogP contribution is 2.18. The van der Waals surface area contributed by atoms with Crippen LogP contribution in [0.15, 0.2) is 29.2 Å². The number of hydrogen-bond acceptors (Lipinski definition) is 3. The first-order chi connectivity index (χ1) is 8.38. The Morgan fingerprint density at radius 3 is 2.88 bits per heavy atom. The number of nitrogens with one attached hydrogen (secondary N) is 1. The molecule has 3 heteroatoms. The molecule has 0 aliphatic carbocycles. The molecule has 94 valence electrons. The molecule has 0 saturated carbocycles. The predicted molar refractivity (Wildman–Crippen MR) is 77.0 cm³/mol. The molecule has 0 aromatic heterocycles. The van der Waals surface area contributed by atoms with Crippen molar-refractivity contribution in [2.45, 2.75) is 24.2 Å². The second-order valence-corrected chi connectivity index (χ2v) is 5.44. The normalized spacial score (nSPS) is 16.3. The fourth-order valence-corrected chi connectivity index (χ4v) is 2.73. The topological polar surface area (TPSA) is 15.3 Å². The fraction of sp³-hybridized carbons (Fsp3) is 0.571. The van der Waals surface area contributed by atoms with Gasteiger partial charge in [0.05, 0.1) is 0 Å². The van der Waals surface area contributed by atoms with Crippen LogP contribution in [0, 0.1) is 0 Å². The number of thioether (sulfide) groups is 1. The van der Waals surface area contributed by atoms with E-state index in [2.05, 4.69) is 40.7 Å². The molecule has 0 spiro atoms. The summed E-state index contributed by atoms with van der Waals surface area (Å²) in [6.07, 6.45) is 6.14. The molecule has 1 aliphatic rings. The number of benzene rings is 1. The molecule has 17 heavy (non-hydrogen) atoms. The van der Waals surface area contributed by atoms with Gasteiger partial charge in [-0.25, -0.2) is 0 Å². The lowest BCUT2D eigenvalue weighted by Crippen LogP contribution is -2.22. The van der Waals surface area contributed by atoms with E-state index in [4.69, 9.17) is 0 Å². The lowest BCUT2D eigenvalue weighted by Gasteiger charge is -2.14. The van der Waals surface area contributed by atoms with Crippen LogP contribution in [0.5, 0.6) is 0 Å². The van der Waals surface area contributed by atoms with E-state index in [9.17, 15) is 0 Å². The molecule has 1 aromatic rings. The van der Waals surface area contributed by atoms with E-state index >= 15 is 0 Å². The third-order valence-electron chi connectivity index (χ3n) is 3.25. The molecule has 1 aromatic carbocycles.